The second-order valence-electron chi connectivity index (χ2n) is 7.69. The Kier molecular flexibility index (Phi) is 6.54. The van der Waals surface area contributed by atoms with Crippen LogP contribution in [0.5, 0.6) is 11.5 Å². The Balaban J connectivity index is 1.50. The van der Waals surface area contributed by atoms with E-state index in [1.54, 1.807) is 37.3 Å². The Hall–Kier alpha value is -3.15. The second kappa shape index (κ2) is 9.38. The molecule has 2 heterocycles. The molecule has 0 spiro atoms. The summed E-state index contributed by atoms with van der Waals surface area (Å²) < 4.78 is 43.6. The van der Waals surface area contributed by atoms with Crippen molar-refractivity contribution in [3.63, 3.8) is 0 Å². The van der Waals surface area contributed by atoms with Crippen molar-refractivity contribution in [1.29, 1.82) is 0 Å². The highest BCUT2D eigenvalue weighted by Crippen LogP contribution is 2.32. The molecule has 2 aromatic rings. The number of fused-ring (bicyclic) bond motifs is 1. The quantitative estimate of drug-likeness (QED) is 0.651. The molecule has 0 bridgehead atoms. The molecule has 1 saturated heterocycles. The molecule has 0 aliphatic carbocycles. The molecule has 4 rings (SSSR count). The van der Waals surface area contributed by atoms with E-state index in [0.717, 1.165) is 0 Å². The molecule has 0 aromatic heterocycles. The minimum Gasteiger partial charge on any atom is -0.495 e. The van der Waals surface area contributed by atoms with E-state index in [4.69, 9.17) is 14.2 Å². The summed E-state index contributed by atoms with van der Waals surface area (Å²) >= 11 is 0. The number of morpholine rings is 1. The predicted molar refractivity (Wildman–Crippen MR) is 120 cm³/mol. The lowest BCUT2D eigenvalue weighted by Crippen LogP contribution is -2.40. The van der Waals surface area contributed by atoms with Gasteiger partial charge in [0.15, 0.2) is 6.10 Å². The molecule has 0 unspecified atom stereocenters. The maximum atomic E-state index is 13.1. The van der Waals surface area contributed by atoms with E-state index in [9.17, 15) is 18.0 Å². The molecule has 176 valence electrons. The van der Waals surface area contributed by atoms with Crippen molar-refractivity contribution < 1.29 is 32.2 Å². The van der Waals surface area contributed by atoms with Crippen molar-refractivity contribution in [2.75, 3.05) is 44.0 Å². The predicted octanol–water partition coefficient (Wildman–Crippen LogP) is 1.62. The lowest BCUT2D eigenvalue weighted by Gasteiger charge is -2.26. The van der Waals surface area contributed by atoms with Crippen LogP contribution >= 0.6 is 0 Å². The smallest absolute Gasteiger partial charge is 0.265 e. The first-order chi connectivity index (χ1) is 15.8. The average molecular weight is 476 g/mol. The molecule has 0 saturated carbocycles. The number of nitrogens with one attached hydrogen (secondary N) is 2. The number of anilines is 2. The van der Waals surface area contributed by atoms with E-state index in [0.29, 0.717) is 35.9 Å². The van der Waals surface area contributed by atoms with Crippen LogP contribution in [-0.4, -0.2) is 64.1 Å². The molecule has 1 atom stereocenters. The van der Waals surface area contributed by atoms with Crippen LogP contribution in [0, 0.1) is 0 Å². The van der Waals surface area contributed by atoms with Gasteiger partial charge in [-0.1, -0.05) is 6.07 Å². The number of hydrogen-bond acceptors (Lipinski definition) is 7. The number of amides is 2. The Morgan fingerprint density at radius 2 is 1.97 bits per heavy atom. The molecule has 10 nitrogen and oxygen atoms in total. The van der Waals surface area contributed by atoms with Crippen molar-refractivity contribution in [2.24, 2.45) is 0 Å². The molecule has 11 heteroatoms. The third-order valence-corrected chi connectivity index (χ3v) is 7.29. The maximum Gasteiger partial charge on any atom is 0.265 e. The Labute approximate surface area is 191 Å². The first-order valence-corrected chi connectivity index (χ1v) is 11.9. The highest BCUT2D eigenvalue weighted by Gasteiger charge is 2.30. The van der Waals surface area contributed by atoms with Gasteiger partial charge in [-0.05, 0) is 42.8 Å². The molecule has 2 aromatic carbocycles. The number of sulfonamides is 1. The van der Waals surface area contributed by atoms with Crippen molar-refractivity contribution in [3.05, 3.63) is 42.0 Å². The van der Waals surface area contributed by atoms with E-state index in [1.807, 2.05) is 0 Å². The zero-order valence-electron chi connectivity index (χ0n) is 18.3. The fourth-order valence-corrected chi connectivity index (χ4v) is 5.25. The van der Waals surface area contributed by atoms with Gasteiger partial charge in [-0.25, -0.2) is 8.42 Å². The summed E-state index contributed by atoms with van der Waals surface area (Å²) in [6.07, 6.45) is -0.636. The average Bonchev–Trinajstić information content (AvgIpc) is 2.80. The van der Waals surface area contributed by atoms with Crippen LogP contribution in [-0.2, 0) is 30.8 Å². The third kappa shape index (κ3) is 4.95. The number of ether oxygens (including phenoxy) is 3. The van der Waals surface area contributed by atoms with Crippen molar-refractivity contribution in [2.45, 2.75) is 24.3 Å². The number of methoxy groups -OCH3 is 1. The van der Waals surface area contributed by atoms with Gasteiger partial charge in [0, 0.05) is 18.8 Å². The summed E-state index contributed by atoms with van der Waals surface area (Å²) in [5.74, 6) is 0.128. The fraction of sp³-hybridized carbons (Fsp3) is 0.364. The number of carbonyl (C=O) groups excluding carboxylic acids is 2. The molecule has 1 fully saturated rings. The van der Waals surface area contributed by atoms with E-state index < -0.39 is 16.1 Å². The molecular formula is C22H25N3O7S. The molecule has 2 aliphatic heterocycles. The molecule has 2 amide bonds. The molecular weight excluding hydrogens is 450 g/mol. The first-order valence-electron chi connectivity index (χ1n) is 10.4. The first kappa shape index (κ1) is 23.0. The number of nitrogens with zero attached hydrogens (tertiary/aromatic N) is 1. The lowest BCUT2D eigenvalue weighted by atomic mass is 10.1. The van der Waals surface area contributed by atoms with Crippen molar-refractivity contribution in [1.82, 2.24) is 4.31 Å². The summed E-state index contributed by atoms with van der Waals surface area (Å²) in [5, 5.41) is 5.49. The zero-order valence-corrected chi connectivity index (χ0v) is 19.1. The SMILES string of the molecule is COc1ccc(CC(=O)Nc2ccc3c(c2)NC(=O)[C@H](C)O3)cc1S(=O)(=O)N1CCOCC1. The van der Waals surface area contributed by atoms with Gasteiger partial charge in [0.25, 0.3) is 5.91 Å². The van der Waals surface area contributed by atoms with E-state index in [1.165, 1.54) is 17.5 Å². The van der Waals surface area contributed by atoms with Crippen LogP contribution in [0.1, 0.15) is 12.5 Å². The van der Waals surface area contributed by atoms with Crippen molar-refractivity contribution >= 4 is 33.2 Å². The van der Waals surface area contributed by atoms with E-state index >= 15 is 0 Å². The largest absolute Gasteiger partial charge is 0.495 e. The minimum absolute atomic E-state index is 0.0139. The van der Waals surface area contributed by atoms with Gasteiger partial charge in [-0.2, -0.15) is 4.31 Å². The Morgan fingerprint density at radius 3 is 2.70 bits per heavy atom. The van der Waals surface area contributed by atoms with Crippen LogP contribution in [0.2, 0.25) is 0 Å². The third-order valence-electron chi connectivity index (χ3n) is 5.37. The van der Waals surface area contributed by atoms with Gasteiger partial charge in [0.05, 0.1) is 32.4 Å². The van der Waals surface area contributed by atoms with Crippen molar-refractivity contribution in [3.8, 4) is 11.5 Å². The topological polar surface area (TPSA) is 123 Å². The Bertz CT molecular complexity index is 1180. The van der Waals surface area contributed by atoms with Crippen LogP contribution in [0.15, 0.2) is 41.3 Å². The number of rotatable bonds is 6. The maximum absolute atomic E-state index is 13.1. The highest BCUT2D eigenvalue weighted by molar-refractivity contribution is 7.89. The molecule has 33 heavy (non-hydrogen) atoms. The highest BCUT2D eigenvalue weighted by atomic mass is 32.2. The van der Waals surface area contributed by atoms with Crippen LogP contribution in [0.3, 0.4) is 0 Å². The normalized spacial score (nSPS) is 18.6. The van der Waals surface area contributed by atoms with Gasteiger partial charge in [0.2, 0.25) is 15.9 Å². The number of carbonyl (C=O) groups is 2. The summed E-state index contributed by atoms with van der Waals surface area (Å²) in [6.45, 7) is 2.82. The summed E-state index contributed by atoms with van der Waals surface area (Å²) in [7, 11) is -2.40. The van der Waals surface area contributed by atoms with Crippen LogP contribution < -0.4 is 20.1 Å². The number of hydrogen-bond donors (Lipinski definition) is 2. The lowest BCUT2D eigenvalue weighted by molar-refractivity contribution is -0.122. The zero-order chi connectivity index (χ0) is 23.6. The molecule has 0 radical (unpaired) electrons. The Morgan fingerprint density at radius 1 is 1.21 bits per heavy atom. The molecule has 2 N–H and O–H groups in total. The van der Waals surface area contributed by atoms with Gasteiger partial charge >= 0.3 is 0 Å². The van der Waals surface area contributed by atoms with E-state index in [2.05, 4.69) is 10.6 Å². The van der Waals surface area contributed by atoms with Crippen LogP contribution in [0.4, 0.5) is 11.4 Å². The second-order valence-corrected chi connectivity index (χ2v) is 9.59. The fourth-order valence-electron chi connectivity index (χ4n) is 3.64. The van der Waals surface area contributed by atoms with E-state index in [-0.39, 0.29) is 42.0 Å². The summed E-state index contributed by atoms with van der Waals surface area (Å²) in [6, 6.07) is 9.61. The number of benzene rings is 2. The van der Waals surface area contributed by atoms with Gasteiger partial charge in [0.1, 0.15) is 16.4 Å². The monoisotopic (exact) mass is 475 g/mol. The minimum atomic E-state index is -3.80. The van der Waals surface area contributed by atoms with Gasteiger partial charge < -0.3 is 24.8 Å². The van der Waals surface area contributed by atoms with Gasteiger partial charge in [-0.15, -0.1) is 0 Å². The standard InChI is InChI=1S/C22H25N3O7S/c1-14-22(27)24-17-13-16(4-6-18(17)32-14)23-21(26)12-15-3-5-19(30-2)20(11-15)33(28,29)25-7-9-31-10-8-25/h3-6,11,13-14H,7-10,12H2,1-2H3,(H,23,26)(H,24,27)/t14-/m0/s1. The molecule has 2 aliphatic rings. The van der Waals surface area contributed by atoms with Gasteiger partial charge in [-0.3, -0.25) is 9.59 Å². The summed E-state index contributed by atoms with van der Waals surface area (Å²) in [5.41, 5.74) is 1.47. The summed E-state index contributed by atoms with van der Waals surface area (Å²) in [4.78, 5) is 24.5. The van der Waals surface area contributed by atoms with Crippen LogP contribution in [0.25, 0.3) is 0 Å².